The summed E-state index contributed by atoms with van der Waals surface area (Å²) in [6.07, 6.45) is 1.63. The van der Waals surface area contributed by atoms with E-state index in [1.54, 1.807) is 12.1 Å². The Labute approximate surface area is 107 Å². The lowest BCUT2D eigenvalue weighted by molar-refractivity contribution is 0.616. The van der Waals surface area contributed by atoms with Crippen molar-refractivity contribution in [1.29, 1.82) is 0 Å². The Hall–Kier alpha value is -1.67. The molecule has 2 aromatic rings. The highest BCUT2D eigenvalue weighted by Gasteiger charge is 2.06. The quantitative estimate of drug-likeness (QED) is 0.869. The Morgan fingerprint density at radius 3 is 2.50 bits per heavy atom. The molecule has 0 aromatic heterocycles. The summed E-state index contributed by atoms with van der Waals surface area (Å²) in [5.41, 5.74) is 9.22. The first-order valence-corrected chi connectivity index (χ1v) is 6.22. The molecule has 0 saturated heterocycles. The molecule has 0 aliphatic rings. The van der Waals surface area contributed by atoms with E-state index < -0.39 is 0 Å². The van der Waals surface area contributed by atoms with Crippen LogP contribution in [0.15, 0.2) is 48.5 Å². The molecule has 2 aromatic carbocycles. The lowest BCUT2D eigenvalue weighted by Gasteiger charge is -2.12. The molecule has 94 valence electrons. The number of hydrogen-bond acceptors (Lipinski definition) is 1. The molecule has 2 heteroatoms. The van der Waals surface area contributed by atoms with Gasteiger partial charge >= 0.3 is 0 Å². The van der Waals surface area contributed by atoms with Crippen molar-refractivity contribution < 1.29 is 4.39 Å². The van der Waals surface area contributed by atoms with Gasteiger partial charge in [0.1, 0.15) is 5.82 Å². The van der Waals surface area contributed by atoms with Gasteiger partial charge in [-0.25, -0.2) is 4.39 Å². The van der Waals surface area contributed by atoms with E-state index >= 15 is 0 Å². The van der Waals surface area contributed by atoms with E-state index in [2.05, 4.69) is 0 Å². The number of nitrogens with two attached hydrogens (primary N) is 1. The predicted octanol–water partition coefficient (Wildman–Crippen LogP) is 3.77. The fourth-order valence-corrected chi connectivity index (χ4v) is 2.15. The molecule has 2 N–H and O–H groups in total. The average molecular weight is 243 g/mol. The Morgan fingerprint density at radius 1 is 1.11 bits per heavy atom. The Kier molecular flexibility index (Phi) is 4.11. The van der Waals surface area contributed by atoms with E-state index in [1.165, 1.54) is 0 Å². The van der Waals surface area contributed by atoms with Gasteiger partial charge in [0, 0.05) is 6.04 Å². The zero-order valence-corrected chi connectivity index (χ0v) is 10.6. The maximum atomic E-state index is 13.2. The van der Waals surface area contributed by atoms with E-state index in [0.29, 0.717) is 0 Å². The minimum atomic E-state index is -0.168. The van der Waals surface area contributed by atoms with Crippen molar-refractivity contribution >= 4 is 0 Å². The van der Waals surface area contributed by atoms with E-state index in [9.17, 15) is 4.39 Å². The van der Waals surface area contributed by atoms with E-state index in [1.807, 2.05) is 43.3 Å². The molecule has 0 bridgehead atoms. The van der Waals surface area contributed by atoms with Crippen molar-refractivity contribution in [2.75, 3.05) is 0 Å². The monoisotopic (exact) mass is 243 g/mol. The van der Waals surface area contributed by atoms with Crippen LogP contribution >= 0.6 is 0 Å². The van der Waals surface area contributed by atoms with Crippen molar-refractivity contribution in [3.63, 3.8) is 0 Å². The predicted molar refractivity (Wildman–Crippen MR) is 72.8 cm³/mol. The van der Waals surface area contributed by atoms with Crippen LogP contribution in [0.2, 0.25) is 0 Å². The van der Waals surface area contributed by atoms with Gasteiger partial charge in [0.25, 0.3) is 0 Å². The fraction of sp³-hybridized carbons (Fsp3) is 0.250. The second-order valence-electron chi connectivity index (χ2n) is 4.69. The van der Waals surface area contributed by atoms with Gasteiger partial charge in [-0.3, -0.25) is 0 Å². The lowest BCUT2D eigenvalue weighted by Crippen LogP contribution is -2.11. The van der Waals surface area contributed by atoms with Crippen molar-refractivity contribution in [2.45, 2.75) is 25.8 Å². The topological polar surface area (TPSA) is 26.0 Å². The molecule has 0 spiro atoms. The van der Waals surface area contributed by atoms with Crippen LogP contribution in [0.3, 0.4) is 0 Å². The van der Waals surface area contributed by atoms with Crippen LogP contribution in [0, 0.1) is 12.7 Å². The number of benzene rings is 2. The maximum absolute atomic E-state index is 13.2. The van der Waals surface area contributed by atoms with Gasteiger partial charge in [0.05, 0.1) is 0 Å². The number of aryl methyl sites for hydroxylation is 2. The van der Waals surface area contributed by atoms with E-state index in [4.69, 9.17) is 5.73 Å². The first-order valence-electron chi connectivity index (χ1n) is 6.22. The van der Waals surface area contributed by atoms with Crippen LogP contribution in [0.25, 0.3) is 0 Å². The molecule has 0 amide bonds. The first kappa shape index (κ1) is 12.8. The van der Waals surface area contributed by atoms with Gasteiger partial charge in [0.15, 0.2) is 0 Å². The Morgan fingerprint density at radius 2 is 1.83 bits per heavy atom. The zero-order valence-electron chi connectivity index (χ0n) is 10.6. The molecule has 1 atom stereocenters. The second-order valence-corrected chi connectivity index (χ2v) is 4.69. The third-order valence-corrected chi connectivity index (χ3v) is 3.07. The van der Waals surface area contributed by atoms with Crippen molar-refractivity contribution in [3.05, 3.63) is 71.0 Å². The van der Waals surface area contributed by atoms with Gasteiger partial charge < -0.3 is 5.73 Å². The molecule has 18 heavy (non-hydrogen) atoms. The molecular weight excluding hydrogens is 225 g/mol. The zero-order chi connectivity index (χ0) is 13.0. The van der Waals surface area contributed by atoms with Crippen LogP contribution in [0.4, 0.5) is 4.39 Å². The van der Waals surface area contributed by atoms with Crippen molar-refractivity contribution in [1.82, 2.24) is 0 Å². The van der Waals surface area contributed by atoms with Crippen molar-refractivity contribution in [2.24, 2.45) is 5.73 Å². The third-order valence-electron chi connectivity index (χ3n) is 3.07. The van der Waals surface area contributed by atoms with Gasteiger partial charge in [-0.15, -0.1) is 0 Å². The summed E-state index contributed by atoms with van der Waals surface area (Å²) < 4.78 is 13.2. The Bertz CT molecular complexity index is 488. The SMILES string of the molecule is Cc1cc(F)cc(CCC(N)c2ccccc2)c1. The average Bonchev–Trinajstić information content (AvgIpc) is 2.36. The first-order chi connectivity index (χ1) is 8.65. The molecular formula is C16H18FN. The number of rotatable bonds is 4. The largest absolute Gasteiger partial charge is 0.324 e. The van der Waals surface area contributed by atoms with Crippen LogP contribution in [-0.4, -0.2) is 0 Å². The summed E-state index contributed by atoms with van der Waals surface area (Å²) in [5, 5.41) is 0. The minimum Gasteiger partial charge on any atom is -0.324 e. The highest BCUT2D eigenvalue weighted by atomic mass is 19.1. The summed E-state index contributed by atoms with van der Waals surface area (Å²) in [4.78, 5) is 0. The number of halogens is 1. The molecule has 0 radical (unpaired) electrons. The molecule has 0 saturated carbocycles. The maximum Gasteiger partial charge on any atom is 0.123 e. The summed E-state index contributed by atoms with van der Waals surface area (Å²) >= 11 is 0. The second kappa shape index (κ2) is 5.78. The van der Waals surface area contributed by atoms with Gasteiger partial charge in [0.2, 0.25) is 0 Å². The molecule has 1 nitrogen and oxygen atoms in total. The summed E-state index contributed by atoms with van der Waals surface area (Å²) in [6, 6.07) is 15.2. The molecule has 0 aliphatic heterocycles. The minimum absolute atomic E-state index is 0.00905. The van der Waals surface area contributed by atoms with E-state index in [0.717, 1.165) is 29.5 Å². The molecule has 0 heterocycles. The van der Waals surface area contributed by atoms with Crippen LogP contribution in [0.1, 0.15) is 29.2 Å². The normalized spacial score (nSPS) is 12.4. The summed E-state index contributed by atoms with van der Waals surface area (Å²) in [6.45, 7) is 1.91. The highest BCUT2D eigenvalue weighted by molar-refractivity contribution is 5.24. The summed E-state index contributed by atoms with van der Waals surface area (Å²) in [7, 11) is 0. The van der Waals surface area contributed by atoms with Gasteiger partial charge in [-0.05, 0) is 48.6 Å². The van der Waals surface area contributed by atoms with Crippen LogP contribution in [0.5, 0.6) is 0 Å². The third kappa shape index (κ3) is 3.41. The van der Waals surface area contributed by atoms with Crippen LogP contribution in [-0.2, 0) is 6.42 Å². The number of hydrogen-bond donors (Lipinski definition) is 1. The van der Waals surface area contributed by atoms with E-state index in [-0.39, 0.29) is 11.9 Å². The van der Waals surface area contributed by atoms with Crippen LogP contribution < -0.4 is 5.73 Å². The standard InChI is InChI=1S/C16H18FN/c1-12-9-13(11-15(17)10-12)7-8-16(18)14-5-3-2-4-6-14/h2-6,9-11,16H,7-8,18H2,1H3. The fourth-order valence-electron chi connectivity index (χ4n) is 2.15. The van der Waals surface area contributed by atoms with Gasteiger partial charge in [-0.1, -0.05) is 36.4 Å². The Balaban J connectivity index is 1.99. The van der Waals surface area contributed by atoms with Crippen molar-refractivity contribution in [3.8, 4) is 0 Å². The molecule has 2 rings (SSSR count). The smallest absolute Gasteiger partial charge is 0.123 e. The molecule has 0 aliphatic carbocycles. The summed E-state index contributed by atoms with van der Waals surface area (Å²) in [5.74, 6) is -0.168. The highest BCUT2D eigenvalue weighted by Crippen LogP contribution is 2.17. The molecule has 0 fully saturated rings. The lowest BCUT2D eigenvalue weighted by atomic mass is 9.99. The molecule has 1 unspecified atom stereocenters. The van der Waals surface area contributed by atoms with Gasteiger partial charge in [-0.2, -0.15) is 0 Å².